The number of benzene rings is 1. The molecule has 23 heavy (non-hydrogen) atoms. The zero-order valence-electron chi connectivity index (χ0n) is 14.5. The minimum atomic E-state index is 0.0459. The monoisotopic (exact) mass is 316 g/mol. The zero-order chi connectivity index (χ0) is 16.8. The first-order chi connectivity index (χ1) is 11.0. The summed E-state index contributed by atoms with van der Waals surface area (Å²) in [6.45, 7) is 6.13. The molecule has 1 N–H and O–H groups in total. The van der Waals surface area contributed by atoms with Crippen molar-refractivity contribution in [3.05, 3.63) is 35.4 Å². The summed E-state index contributed by atoms with van der Waals surface area (Å²) in [6.07, 6.45) is 2.57. The largest absolute Gasteiger partial charge is 0.342 e. The van der Waals surface area contributed by atoms with Crippen LogP contribution in [0.3, 0.4) is 0 Å². The molecule has 0 atom stereocenters. The number of likely N-dealkylation sites (tertiary alicyclic amines) is 1. The van der Waals surface area contributed by atoms with Crippen molar-refractivity contribution in [2.75, 3.05) is 26.7 Å². The van der Waals surface area contributed by atoms with Crippen molar-refractivity contribution in [1.29, 1.82) is 0 Å². The van der Waals surface area contributed by atoms with Crippen LogP contribution in [0.25, 0.3) is 0 Å². The van der Waals surface area contributed by atoms with Gasteiger partial charge >= 0.3 is 0 Å². The van der Waals surface area contributed by atoms with Gasteiger partial charge in [0.05, 0.1) is 6.54 Å². The third kappa shape index (κ3) is 4.90. The maximum Gasteiger partial charge on any atom is 0.236 e. The quantitative estimate of drug-likeness (QED) is 0.821. The first kappa shape index (κ1) is 17.7. The first-order valence-electron chi connectivity index (χ1n) is 8.56. The van der Waals surface area contributed by atoms with E-state index in [4.69, 9.17) is 0 Å². The molecule has 1 heterocycles. The summed E-state index contributed by atoms with van der Waals surface area (Å²) in [5, 5.41) is 2.89. The molecular weight excluding hydrogens is 288 g/mol. The molecule has 2 rings (SSSR count). The van der Waals surface area contributed by atoms with Crippen LogP contribution in [0.5, 0.6) is 0 Å². The molecule has 1 aromatic rings. The Balaban J connectivity index is 1.90. The smallest absolute Gasteiger partial charge is 0.236 e. The van der Waals surface area contributed by atoms with Crippen LogP contribution in [0, 0.1) is 11.8 Å². The van der Waals surface area contributed by atoms with Crippen molar-refractivity contribution in [3.8, 4) is 0 Å². The summed E-state index contributed by atoms with van der Waals surface area (Å²) in [7, 11) is 1.77. The van der Waals surface area contributed by atoms with Gasteiger partial charge in [-0.05, 0) is 37.8 Å². The summed E-state index contributed by atoms with van der Waals surface area (Å²) in [4.78, 5) is 26.3. The molecule has 4 heteroatoms. The number of hydrogen-bond donors (Lipinski definition) is 1. The normalized spacial score (nSPS) is 15.9. The fraction of sp³-hybridized carbons (Fsp3) is 0.579. The van der Waals surface area contributed by atoms with Gasteiger partial charge in [0, 0.05) is 24.6 Å². The average molecular weight is 316 g/mol. The van der Waals surface area contributed by atoms with Crippen LogP contribution in [0.2, 0.25) is 0 Å². The van der Waals surface area contributed by atoms with E-state index in [1.54, 1.807) is 7.05 Å². The summed E-state index contributed by atoms with van der Waals surface area (Å²) < 4.78 is 0. The molecule has 1 aliphatic rings. The number of piperidine rings is 1. The van der Waals surface area contributed by atoms with Gasteiger partial charge in [-0.1, -0.05) is 38.1 Å². The molecule has 0 radical (unpaired) electrons. The van der Waals surface area contributed by atoms with Gasteiger partial charge < -0.3 is 10.2 Å². The predicted molar refractivity (Wildman–Crippen MR) is 92.5 cm³/mol. The standard InChI is InChI=1S/C19H28N2O2/c1-14(2)12-15-4-6-16(7-5-15)19(23)17-8-10-21(11-9-17)18(22)13-20-3/h4-7,14,17,20H,8-13H2,1-3H3. The van der Waals surface area contributed by atoms with E-state index in [-0.39, 0.29) is 17.6 Å². The molecule has 1 aliphatic heterocycles. The van der Waals surface area contributed by atoms with E-state index >= 15 is 0 Å². The van der Waals surface area contributed by atoms with Gasteiger partial charge in [0.1, 0.15) is 0 Å². The van der Waals surface area contributed by atoms with E-state index in [1.165, 1.54) is 5.56 Å². The number of carbonyl (C=O) groups is 2. The van der Waals surface area contributed by atoms with Crippen LogP contribution in [-0.4, -0.2) is 43.3 Å². The number of hydrogen-bond acceptors (Lipinski definition) is 3. The van der Waals surface area contributed by atoms with Crippen molar-refractivity contribution >= 4 is 11.7 Å². The average Bonchev–Trinajstić information content (AvgIpc) is 2.55. The highest BCUT2D eigenvalue weighted by Crippen LogP contribution is 2.22. The molecule has 0 aromatic heterocycles. The van der Waals surface area contributed by atoms with Crippen molar-refractivity contribution in [1.82, 2.24) is 10.2 Å². The van der Waals surface area contributed by atoms with Crippen LogP contribution in [0.4, 0.5) is 0 Å². The third-order valence-corrected chi connectivity index (χ3v) is 4.43. The second kappa shape index (κ2) is 8.25. The highest BCUT2D eigenvalue weighted by atomic mass is 16.2. The van der Waals surface area contributed by atoms with Crippen LogP contribution >= 0.6 is 0 Å². The molecule has 1 saturated heterocycles. The number of nitrogens with zero attached hydrogens (tertiary/aromatic N) is 1. The Morgan fingerprint density at radius 2 is 1.78 bits per heavy atom. The Kier molecular flexibility index (Phi) is 6.34. The molecule has 1 amide bonds. The number of Topliss-reactive ketones (excluding diaryl/α,β-unsaturated/α-hetero) is 1. The molecule has 0 spiro atoms. The minimum Gasteiger partial charge on any atom is -0.342 e. The number of rotatable bonds is 6. The second-order valence-corrected chi connectivity index (χ2v) is 6.84. The van der Waals surface area contributed by atoms with E-state index in [0.717, 1.165) is 24.8 Å². The van der Waals surface area contributed by atoms with Gasteiger partial charge in [0.15, 0.2) is 5.78 Å². The lowest BCUT2D eigenvalue weighted by Crippen LogP contribution is -2.43. The third-order valence-electron chi connectivity index (χ3n) is 4.43. The highest BCUT2D eigenvalue weighted by Gasteiger charge is 2.27. The van der Waals surface area contributed by atoms with Gasteiger partial charge in [0.25, 0.3) is 0 Å². The van der Waals surface area contributed by atoms with E-state index in [9.17, 15) is 9.59 Å². The van der Waals surface area contributed by atoms with Crippen molar-refractivity contribution < 1.29 is 9.59 Å². The summed E-state index contributed by atoms with van der Waals surface area (Å²) in [5.41, 5.74) is 2.08. The van der Waals surface area contributed by atoms with Crippen LogP contribution in [0.15, 0.2) is 24.3 Å². The highest BCUT2D eigenvalue weighted by molar-refractivity contribution is 5.98. The topological polar surface area (TPSA) is 49.4 Å². The lowest BCUT2D eigenvalue weighted by molar-refractivity contribution is -0.131. The van der Waals surface area contributed by atoms with Crippen molar-refractivity contribution in [2.45, 2.75) is 33.1 Å². The van der Waals surface area contributed by atoms with Crippen LogP contribution < -0.4 is 5.32 Å². The Bertz CT molecular complexity index is 529. The Morgan fingerprint density at radius 3 is 2.30 bits per heavy atom. The van der Waals surface area contributed by atoms with Crippen molar-refractivity contribution in [3.63, 3.8) is 0 Å². The minimum absolute atomic E-state index is 0.0459. The van der Waals surface area contributed by atoms with Crippen molar-refractivity contribution in [2.24, 2.45) is 11.8 Å². The lowest BCUT2D eigenvalue weighted by Gasteiger charge is -2.31. The fourth-order valence-corrected chi connectivity index (χ4v) is 3.17. The molecular formula is C19H28N2O2. The maximum absolute atomic E-state index is 12.6. The number of amides is 1. The Hall–Kier alpha value is -1.68. The molecule has 126 valence electrons. The molecule has 1 fully saturated rings. The molecule has 4 nitrogen and oxygen atoms in total. The fourth-order valence-electron chi connectivity index (χ4n) is 3.17. The number of nitrogens with one attached hydrogen (secondary N) is 1. The first-order valence-corrected chi connectivity index (χ1v) is 8.56. The number of carbonyl (C=O) groups excluding carboxylic acids is 2. The molecule has 0 unspecified atom stereocenters. The Morgan fingerprint density at radius 1 is 1.17 bits per heavy atom. The maximum atomic E-state index is 12.6. The van der Waals surface area contributed by atoms with E-state index in [2.05, 4.69) is 31.3 Å². The number of ketones is 1. The van der Waals surface area contributed by atoms with E-state index < -0.39 is 0 Å². The second-order valence-electron chi connectivity index (χ2n) is 6.84. The van der Waals surface area contributed by atoms with E-state index in [0.29, 0.717) is 25.6 Å². The summed E-state index contributed by atoms with van der Waals surface area (Å²) in [5.74, 6) is 1.01. The van der Waals surface area contributed by atoms with Gasteiger partial charge in [0.2, 0.25) is 5.91 Å². The molecule has 0 saturated carbocycles. The van der Waals surface area contributed by atoms with Gasteiger partial charge in [-0.2, -0.15) is 0 Å². The van der Waals surface area contributed by atoms with Gasteiger partial charge in [-0.3, -0.25) is 9.59 Å². The van der Waals surface area contributed by atoms with Gasteiger partial charge in [-0.25, -0.2) is 0 Å². The predicted octanol–water partition coefficient (Wildman–Crippen LogP) is 2.53. The molecule has 0 aliphatic carbocycles. The number of likely N-dealkylation sites (N-methyl/N-ethyl adjacent to an activating group) is 1. The zero-order valence-corrected chi connectivity index (χ0v) is 14.5. The van der Waals surface area contributed by atoms with Gasteiger partial charge in [-0.15, -0.1) is 0 Å². The summed E-state index contributed by atoms with van der Waals surface area (Å²) in [6, 6.07) is 8.05. The SMILES string of the molecule is CNCC(=O)N1CCC(C(=O)c2ccc(CC(C)C)cc2)CC1. The lowest BCUT2D eigenvalue weighted by atomic mass is 9.88. The van der Waals surface area contributed by atoms with Crippen LogP contribution in [-0.2, 0) is 11.2 Å². The summed E-state index contributed by atoms with van der Waals surface area (Å²) >= 11 is 0. The Labute approximate surface area is 139 Å². The molecule has 0 bridgehead atoms. The van der Waals surface area contributed by atoms with E-state index in [1.807, 2.05) is 17.0 Å². The molecule has 1 aromatic carbocycles. The van der Waals surface area contributed by atoms with Crippen LogP contribution in [0.1, 0.15) is 42.6 Å².